The number of hydrogen-bond acceptors (Lipinski definition) is 5. The predicted octanol–water partition coefficient (Wildman–Crippen LogP) is -0.335. The zero-order valence-corrected chi connectivity index (χ0v) is 12.7. The molecular weight excluding hydrogens is 270 g/mol. The Hall–Kier alpha value is -0.960. The van der Waals surface area contributed by atoms with Gasteiger partial charge in [-0.1, -0.05) is 0 Å². The zero-order valence-electron chi connectivity index (χ0n) is 11.9. The van der Waals surface area contributed by atoms with Crippen LogP contribution in [0.25, 0.3) is 0 Å². The summed E-state index contributed by atoms with van der Waals surface area (Å²) in [7, 11) is 0.919. The summed E-state index contributed by atoms with van der Waals surface area (Å²) in [6, 6.07) is 0. The molecule has 0 saturated carbocycles. The minimum absolute atomic E-state index is 0.0239. The van der Waals surface area contributed by atoms with Crippen molar-refractivity contribution in [3.63, 3.8) is 0 Å². The van der Waals surface area contributed by atoms with E-state index < -0.39 is 16.1 Å². The molecule has 1 aromatic rings. The first-order valence-electron chi connectivity index (χ1n) is 5.85. The zero-order chi connectivity index (χ0) is 14.8. The number of aromatic nitrogens is 2. The Morgan fingerprint density at radius 3 is 2.47 bits per heavy atom. The molecule has 19 heavy (non-hydrogen) atoms. The van der Waals surface area contributed by atoms with Gasteiger partial charge in [-0.3, -0.25) is 4.68 Å². The minimum Gasteiger partial charge on any atom is -0.389 e. The van der Waals surface area contributed by atoms with Crippen LogP contribution in [0.4, 0.5) is 0 Å². The summed E-state index contributed by atoms with van der Waals surface area (Å²) in [4.78, 5) is 0.196. The van der Waals surface area contributed by atoms with Gasteiger partial charge in [-0.15, -0.1) is 0 Å². The largest absolute Gasteiger partial charge is 0.389 e. The number of aryl methyl sites for hydroxylation is 2. The Bertz CT molecular complexity index is 538. The second-order valence-corrected chi connectivity index (χ2v) is 6.50. The van der Waals surface area contributed by atoms with Crippen LogP contribution >= 0.6 is 0 Å². The van der Waals surface area contributed by atoms with Gasteiger partial charge in [0.2, 0.25) is 10.0 Å². The van der Waals surface area contributed by atoms with E-state index in [1.165, 1.54) is 18.8 Å². The molecule has 110 valence electrons. The fourth-order valence-electron chi connectivity index (χ4n) is 1.92. The van der Waals surface area contributed by atoms with Crippen LogP contribution in [-0.2, 0) is 21.8 Å². The van der Waals surface area contributed by atoms with Gasteiger partial charge in [-0.2, -0.15) is 9.40 Å². The first-order chi connectivity index (χ1) is 8.71. The second kappa shape index (κ2) is 6.00. The van der Waals surface area contributed by atoms with Gasteiger partial charge in [0.25, 0.3) is 0 Å². The Morgan fingerprint density at radius 1 is 1.47 bits per heavy atom. The third-order valence-electron chi connectivity index (χ3n) is 2.94. The number of aliphatic hydroxyl groups excluding tert-OH is 1. The first-order valence-corrected chi connectivity index (χ1v) is 7.29. The Balaban J connectivity index is 3.03. The smallest absolute Gasteiger partial charge is 0.246 e. The monoisotopic (exact) mass is 291 g/mol. The van der Waals surface area contributed by atoms with Crippen molar-refractivity contribution < 1.29 is 18.3 Å². The van der Waals surface area contributed by atoms with Crippen molar-refractivity contribution in [3.8, 4) is 0 Å². The molecular formula is C11H21N3O4S. The lowest BCUT2D eigenvalue weighted by Gasteiger charge is -2.20. The van der Waals surface area contributed by atoms with Crippen LogP contribution < -0.4 is 0 Å². The normalized spacial score (nSPS) is 14.1. The molecule has 0 fully saturated rings. The summed E-state index contributed by atoms with van der Waals surface area (Å²) in [5.74, 6) is 0. The van der Waals surface area contributed by atoms with Gasteiger partial charge in [0, 0.05) is 27.7 Å². The molecule has 1 heterocycles. The summed E-state index contributed by atoms with van der Waals surface area (Å²) in [6.07, 6.45) is -0.859. The average molecular weight is 291 g/mol. The molecule has 0 aliphatic rings. The fraction of sp³-hybridized carbons (Fsp3) is 0.727. The van der Waals surface area contributed by atoms with Gasteiger partial charge >= 0.3 is 0 Å². The molecule has 0 aliphatic heterocycles. The Morgan fingerprint density at radius 2 is 2.05 bits per heavy atom. The number of sulfonamides is 1. The maximum atomic E-state index is 12.4. The quantitative estimate of drug-likeness (QED) is 0.775. The van der Waals surface area contributed by atoms with E-state index in [0.29, 0.717) is 11.4 Å². The van der Waals surface area contributed by atoms with E-state index in [1.54, 1.807) is 20.9 Å². The van der Waals surface area contributed by atoms with E-state index in [0.717, 1.165) is 4.31 Å². The average Bonchev–Trinajstić information content (AvgIpc) is 2.53. The molecule has 0 bridgehead atoms. The number of nitrogens with zero attached hydrogens (tertiary/aromatic N) is 3. The van der Waals surface area contributed by atoms with Crippen LogP contribution in [0, 0.1) is 13.8 Å². The summed E-state index contributed by atoms with van der Waals surface area (Å²) in [5.41, 5.74) is 1.03. The topological polar surface area (TPSA) is 84.7 Å². The van der Waals surface area contributed by atoms with E-state index in [-0.39, 0.29) is 18.0 Å². The lowest BCUT2D eigenvalue weighted by atomic mass is 10.4. The summed E-state index contributed by atoms with van der Waals surface area (Å²) in [5, 5.41) is 13.7. The third-order valence-corrected chi connectivity index (χ3v) is 5.01. The van der Waals surface area contributed by atoms with Gasteiger partial charge in [0.1, 0.15) is 4.90 Å². The van der Waals surface area contributed by atoms with Gasteiger partial charge < -0.3 is 9.84 Å². The number of rotatable bonds is 6. The number of ether oxygens (including phenoxy) is 1. The van der Waals surface area contributed by atoms with Crippen LogP contribution in [-0.4, -0.2) is 61.0 Å². The number of methoxy groups -OCH3 is 1. The second-order valence-electron chi connectivity index (χ2n) is 4.52. The van der Waals surface area contributed by atoms with E-state index in [4.69, 9.17) is 4.74 Å². The van der Waals surface area contributed by atoms with E-state index in [1.807, 2.05) is 0 Å². The van der Waals surface area contributed by atoms with Crippen molar-refractivity contribution in [2.24, 2.45) is 7.05 Å². The molecule has 1 aromatic heterocycles. The lowest BCUT2D eigenvalue weighted by molar-refractivity contribution is 0.0554. The molecule has 0 saturated heterocycles. The first kappa shape index (κ1) is 16.1. The van der Waals surface area contributed by atoms with Crippen molar-refractivity contribution in [3.05, 3.63) is 11.4 Å². The van der Waals surface area contributed by atoms with Crippen molar-refractivity contribution in [2.75, 3.05) is 27.3 Å². The molecule has 1 rings (SSSR count). The molecule has 0 aliphatic carbocycles. The molecule has 1 atom stereocenters. The Labute approximate surface area is 113 Å². The van der Waals surface area contributed by atoms with Crippen molar-refractivity contribution in [1.29, 1.82) is 0 Å². The summed E-state index contributed by atoms with van der Waals surface area (Å²) < 4.78 is 32.3. The van der Waals surface area contributed by atoms with E-state index in [2.05, 4.69) is 5.10 Å². The molecule has 8 heteroatoms. The Kier molecular flexibility index (Phi) is 5.08. The molecule has 0 spiro atoms. The van der Waals surface area contributed by atoms with Gasteiger partial charge in [-0.05, 0) is 13.8 Å². The standard InChI is InChI=1S/C11H21N3O4S/c1-8-11(9(2)14(4)12-8)19(16,17)13(3)6-10(15)7-18-5/h10,15H,6-7H2,1-5H3. The van der Waals surface area contributed by atoms with E-state index in [9.17, 15) is 13.5 Å². The molecule has 1 N–H and O–H groups in total. The highest BCUT2D eigenvalue weighted by Gasteiger charge is 2.29. The highest BCUT2D eigenvalue weighted by molar-refractivity contribution is 7.89. The number of aliphatic hydroxyl groups is 1. The van der Waals surface area contributed by atoms with Crippen LogP contribution in [0.5, 0.6) is 0 Å². The van der Waals surface area contributed by atoms with Crippen LogP contribution in [0.15, 0.2) is 4.90 Å². The third kappa shape index (κ3) is 3.33. The van der Waals surface area contributed by atoms with Crippen LogP contribution in [0.3, 0.4) is 0 Å². The minimum atomic E-state index is -3.66. The fourth-order valence-corrected chi connectivity index (χ4v) is 3.52. The maximum absolute atomic E-state index is 12.4. The van der Waals surface area contributed by atoms with Gasteiger partial charge in [0.15, 0.2) is 0 Å². The van der Waals surface area contributed by atoms with Crippen LogP contribution in [0.1, 0.15) is 11.4 Å². The molecule has 0 amide bonds. The SMILES string of the molecule is COCC(O)CN(C)S(=O)(=O)c1c(C)nn(C)c1C. The molecule has 0 aromatic carbocycles. The number of hydrogen-bond donors (Lipinski definition) is 1. The van der Waals surface area contributed by atoms with Gasteiger partial charge in [0.05, 0.1) is 24.1 Å². The van der Waals surface area contributed by atoms with Crippen molar-refractivity contribution in [1.82, 2.24) is 14.1 Å². The summed E-state index contributed by atoms with van der Waals surface area (Å²) >= 11 is 0. The lowest BCUT2D eigenvalue weighted by Crippen LogP contribution is -2.36. The summed E-state index contributed by atoms with van der Waals surface area (Å²) in [6.45, 7) is 3.42. The highest BCUT2D eigenvalue weighted by atomic mass is 32.2. The molecule has 1 unspecified atom stereocenters. The predicted molar refractivity (Wildman–Crippen MR) is 70.4 cm³/mol. The molecule has 7 nitrogen and oxygen atoms in total. The van der Waals surface area contributed by atoms with E-state index >= 15 is 0 Å². The van der Waals surface area contributed by atoms with Crippen molar-refractivity contribution in [2.45, 2.75) is 24.8 Å². The van der Waals surface area contributed by atoms with Crippen molar-refractivity contribution >= 4 is 10.0 Å². The van der Waals surface area contributed by atoms with Gasteiger partial charge in [-0.25, -0.2) is 8.42 Å². The maximum Gasteiger partial charge on any atom is 0.246 e. The van der Waals surface area contributed by atoms with Crippen LogP contribution in [0.2, 0.25) is 0 Å². The number of likely N-dealkylation sites (N-methyl/N-ethyl adjacent to an activating group) is 1. The highest BCUT2D eigenvalue weighted by Crippen LogP contribution is 2.22. The molecule has 0 radical (unpaired) electrons.